The maximum Gasteiger partial charge on any atom is 0.490 e. The lowest BCUT2D eigenvalue weighted by molar-refractivity contribution is -0.205. The normalized spacial score (nSPS) is 11.6. The van der Waals surface area contributed by atoms with E-state index in [1.54, 1.807) is 0 Å². The Bertz CT molecular complexity index is 445. The lowest BCUT2D eigenvalue weighted by Gasteiger charge is -2.10. The van der Waals surface area contributed by atoms with E-state index in [-0.39, 0.29) is 0 Å². The molecule has 0 amide bonds. The summed E-state index contributed by atoms with van der Waals surface area (Å²) in [5, 5.41) is 16.3. The fourth-order valence-corrected chi connectivity index (χ4v) is 0.567. The molecule has 0 rings (SSSR count). The summed E-state index contributed by atoms with van der Waals surface area (Å²) in [6, 6.07) is 2.20. The summed E-state index contributed by atoms with van der Waals surface area (Å²) in [6.07, 6.45) is -8.79. The molecular weight excluding hydrogens is 261 g/mol. The van der Waals surface area contributed by atoms with E-state index in [0.717, 1.165) is 6.07 Å². The third-order valence-corrected chi connectivity index (χ3v) is 1.23. The molecule has 0 bridgehead atoms. The maximum absolute atomic E-state index is 11.7. The Hall–Kier alpha value is -2.62. The first-order valence-electron chi connectivity index (χ1n) is 4.01. The molecule has 0 aromatic carbocycles. The molecule has 0 saturated carbocycles. The number of alkyl halides is 3. The van der Waals surface area contributed by atoms with Crippen LogP contribution in [0.3, 0.4) is 0 Å². The van der Waals surface area contributed by atoms with Crippen molar-refractivity contribution >= 4 is 17.9 Å². The van der Waals surface area contributed by atoms with Crippen LogP contribution in [0.4, 0.5) is 13.2 Å². The number of ether oxygens (including phenoxy) is 2. The average Bonchev–Trinajstić information content (AvgIpc) is 2.23. The summed E-state index contributed by atoms with van der Waals surface area (Å²) < 4.78 is 42.5. The largest absolute Gasteiger partial charge is 0.490 e. The van der Waals surface area contributed by atoms with Crippen molar-refractivity contribution in [3.05, 3.63) is 0 Å². The molecule has 0 aliphatic rings. The average molecular weight is 264 g/mol. The molecule has 0 aromatic rings. The van der Waals surface area contributed by atoms with Gasteiger partial charge in [0.05, 0.1) is 6.07 Å². The Morgan fingerprint density at radius 1 is 1.22 bits per heavy atom. The van der Waals surface area contributed by atoms with Gasteiger partial charge in [-0.3, -0.25) is 4.79 Å². The molecule has 10 heteroatoms. The molecule has 0 radical (unpaired) electrons. The van der Waals surface area contributed by atoms with Gasteiger partial charge in [-0.05, 0) is 0 Å². The van der Waals surface area contributed by atoms with Gasteiger partial charge in [0.2, 0.25) is 0 Å². The molecule has 0 saturated heterocycles. The third kappa shape index (κ3) is 4.94. The molecule has 0 N–H and O–H groups in total. The van der Waals surface area contributed by atoms with E-state index < -0.39 is 36.6 Å². The van der Waals surface area contributed by atoms with Crippen LogP contribution in [0.5, 0.6) is 0 Å². The molecule has 0 spiro atoms. The number of nitrogens with zero attached hydrogens (tertiary/aromatic N) is 2. The zero-order valence-corrected chi connectivity index (χ0v) is 8.35. The second-order valence-corrected chi connectivity index (χ2v) is 2.54. The van der Waals surface area contributed by atoms with Gasteiger partial charge in [-0.1, -0.05) is 0 Å². The quantitative estimate of drug-likeness (QED) is 0.518. The number of rotatable bonds is 3. The van der Waals surface area contributed by atoms with Crippen molar-refractivity contribution in [2.75, 3.05) is 0 Å². The Labute approximate surface area is 97.3 Å². The fourth-order valence-electron chi connectivity index (χ4n) is 0.567. The Morgan fingerprint density at radius 2 is 1.78 bits per heavy atom. The number of hydrogen-bond acceptors (Lipinski definition) is 7. The van der Waals surface area contributed by atoms with Crippen LogP contribution >= 0.6 is 0 Å². The standard InChI is InChI=1S/C8H3F3N2O5/c9-8(10,11)7(16)17-4(3-13)6(15)18-5(14)1-2-12/h4H,1H2. The van der Waals surface area contributed by atoms with Gasteiger partial charge in [-0.25, -0.2) is 9.59 Å². The van der Waals surface area contributed by atoms with E-state index in [9.17, 15) is 27.6 Å². The van der Waals surface area contributed by atoms with Gasteiger partial charge in [0, 0.05) is 0 Å². The van der Waals surface area contributed by atoms with Crippen molar-refractivity contribution in [2.45, 2.75) is 18.7 Å². The van der Waals surface area contributed by atoms with Gasteiger partial charge < -0.3 is 9.47 Å². The number of halogens is 3. The van der Waals surface area contributed by atoms with Crippen molar-refractivity contribution in [2.24, 2.45) is 0 Å². The number of carbonyl (C=O) groups excluding carboxylic acids is 3. The maximum atomic E-state index is 11.7. The van der Waals surface area contributed by atoms with Gasteiger partial charge in [-0.2, -0.15) is 23.7 Å². The molecule has 1 atom stereocenters. The van der Waals surface area contributed by atoms with Gasteiger partial charge in [0.1, 0.15) is 12.5 Å². The summed E-state index contributed by atoms with van der Waals surface area (Å²) in [5.74, 6) is -5.97. The molecule has 0 fully saturated rings. The number of hydrogen-bond donors (Lipinski definition) is 0. The number of nitriles is 2. The highest BCUT2D eigenvalue weighted by atomic mass is 19.4. The third-order valence-electron chi connectivity index (χ3n) is 1.23. The van der Waals surface area contributed by atoms with Crippen LogP contribution < -0.4 is 0 Å². The zero-order chi connectivity index (χ0) is 14.3. The molecule has 0 heterocycles. The fraction of sp³-hybridized carbons (Fsp3) is 0.375. The summed E-state index contributed by atoms with van der Waals surface area (Å²) >= 11 is 0. The predicted molar refractivity (Wildman–Crippen MR) is 42.9 cm³/mol. The molecule has 18 heavy (non-hydrogen) atoms. The smallest absolute Gasteiger partial charge is 0.428 e. The van der Waals surface area contributed by atoms with Gasteiger partial charge in [0.25, 0.3) is 6.10 Å². The molecule has 7 nitrogen and oxygen atoms in total. The monoisotopic (exact) mass is 264 g/mol. The van der Waals surface area contributed by atoms with Crippen LogP contribution in [0, 0.1) is 22.7 Å². The van der Waals surface area contributed by atoms with Crippen LogP contribution in [-0.2, 0) is 23.9 Å². The van der Waals surface area contributed by atoms with E-state index in [4.69, 9.17) is 10.5 Å². The molecule has 0 aliphatic carbocycles. The van der Waals surface area contributed by atoms with Gasteiger partial charge in [-0.15, -0.1) is 0 Å². The lowest BCUT2D eigenvalue weighted by atomic mass is 10.4. The highest BCUT2D eigenvalue weighted by molar-refractivity contribution is 5.91. The first-order valence-corrected chi connectivity index (χ1v) is 4.01. The van der Waals surface area contributed by atoms with Crippen molar-refractivity contribution in [3.8, 4) is 12.1 Å². The van der Waals surface area contributed by atoms with Crippen molar-refractivity contribution < 1.29 is 37.0 Å². The van der Waals surface area contributed by atoms with E-state index in [1.807, 2.05) is 0 Å². The second kappa shape index (κ2) is 6.20. The molecule has 96 valence electrons. The van der Waals surface area contributed by atoms with Crippen molar-refractivity contribution in [1.29, 1.82) is 10.5 Å². The molecular formula is C8H3F3N2O5. The second-order valence-electron chi connectivity index (χ2n) is 2.54. The van der Waals surface area contributed by atoms with Crippen molar-refractivity contribution in [3.63, 3.8) is 0 Å². The topological polar surface area (TPSA) is 117 Å². The predicted octanol–water partition coefficient (Wildman–Crippen LogP) is -0.0324. The summed E-state index contributed by atoms with van der Waals surface area (Å²) in [4.78, 5) is 31.8. The van der Waals surface area contributed by atoms with E-state index in [1.165, 1.54) is 6.07 Å². The minimum absolute atomic E-state index is 0.850. The minimum Gasteiger partial charge on any atom is -0.428 e. The van der Waals surface area contributed by atoms with Crippen LogP contribution in [0.25, 0.3) is 0 Å². The van der Waals surface area contributed by atoms with Crippen LogP contribution in [0.15, 0.2) is 0 Å². The van der Waals surface area contributed by atoms with Crippen molar-refractivity contribution in [1.82, 2.24) is 0 Å². The van der Waals surface area contributed by atoms with Crippen LogP contribution in [-0.4, -0.2) is 30.2 Å². The highest BCUT2D eigenvalue weighted by Gasteiger charge is 2.44. The van der Waals surface area contributed by atoms with Crippen LogP contribution in [0.1, 0.15) is 6.42 Å². The summed E-state index contributed by atoms with van der Waals surface area (Å²) in [7, 11) is 0. The van der Waals surface area contributed by atoms with Crippen LogP contribution in [0.2, 0.25) is 0 Å². The first kappa shape index (κ1) is 15.4. The highest BCUT2D eigenvalue weighted by Crippen LogP contribution is 2.17. The number of esters is 3. The van der Waals surface area contributed by atoms with Gasteiger partial charge in [0.15, 0.2) is 0 Å². The van der Waals surface area contributed by atoms with E-state index >= 15 is 0 Å². The van der Waals surface area contributed by atoms with E-state index in [2.05, 4.69) is 9.47 Å². The summed E-state index contributed by atoms with van der Waals surface area (Å²) in [5.41, 5.74) is 0. The zero-order valence-electron chi connectivity index (χ0n) is 8.35. The van der Waals surface area contributed by atoms with E-state index in [0.29, 0.717) is 0 Å². The summed E-state index contributed by atoms with van der Waals surface area (Å²) in [6.45, 7) is 0. The minimum atomic E-state index is -5.40. The number of carbonyl (C=O) groups is 3. The Balaban J connectivity index is 4.58. The Morgan fingerprint density at radius 3 is 2.17 bits per heavy atom. The SMILES string of the molecule is N#CCC(=O)OC(=O)C(C#N)OC(=O)C(F)(F)F. The lowest BCUT2D eigenvalue weighted by Crippen LogP contribution is -2.35. The van der Waals surface area contributed by atoms with Gasteiger partial charge >= 0.3 is 24.1 Å². The first-order chi connectivity index (χ1) is 8.22. The molecule has 0 aromatic heterocycles. The Kier molecular flexibility index (Phi) is 5.30. The molecule has 1 unspecified atom stereocenters. The molecule has 0 aliphatic heterocycles.